The largest absolute Gasteiger partial charge is 0.465 e. The second-order valence-corrected chi connectivity index (χ2v) is 6.70. The number of nitrogens with zero attached hydrogens (tertiary/aromatic N) is 1. The molecular weight excluding hydrogens is 312 g/mol. The van der Waals surface area contributed by atoms with Crippen LogP contribution in [0.5, 0.6) is 0 Å². The van der Waals surface area contributed by atoms with Gasteiger partial charge in [-0.05, 0) is 31.0 Å². The van der Waals surface area contributed by atoms with Crippen LogP contribution >= 0.6 is 11.3 Å². The summed E-state index contributed by atoms with van der Waals surface area (Å²) in [5, 5.41) is 3.39. The van der Waals surface area contributed by atoms with Crippen LogP contribution in [0.3, 0.4) is 0 Å². The Labute approximate surface area is 138 Å². The van der Waals surface area contributed by atoms with Gasteiger partial charge in [-0.2, -0.15) is 0 Å². The fraction of sp³-hybridized carbons (Fsp3) is 0.294. The van der Waals surface area contributed by atoms with Crippen molar-refractivity contribution >= 4 is 33.9 Å². The number of para-hydroxylation sites is 1. The van der Waals surface area contributed by atoms with E-state index in [4.69, 9.17) is 4.74 Å². The van der Waals surface area contributed by atoms with Crippen molar-refractivity contribution in [3.63, 3.8) is 0 Å². The Morgan fingerprint density at radius 3 is 2.91 bits per heavy atom. The van der Waals surface area contributed by atoms with Crippen LogP contribution in [0.1, 0.15) is 20.8 Å². The predicted octanol–water partition coefficient (Wildman–Crippen LogP) is 2.84. The first-order valence-corrected chi connectivity index (χ1v) is 8.21. The minimum atomic E-state index is -0.434. The summed E-state index contributed by atoms with van der Waals surface area (Å²) in [6.45, 7) is 3.00. The Morgan fingerprint density at radius 2 is 2.13 bits per heavy atom. The zero-order chi connectivity index (χ0) is 16.4. The molecule has 1 aliphatic rings. The molecule has 2 heterocycles. The predicted molar refractivity (Wildman–Crippen MR) is 91.4 cm³/mol. The number of aryl methyl sites for hydroxylation is 1. The maximum atomic E-state index is 12.4. The normalized spacial score (nSPS) is 12.9. The molecule has 1 aliphatic heterocycles. The van der Waals surface area contributed by atoms with Gasteiger partial charge < -0.3 is 15.0 Å². The van der Waals surface area contributed by atoms with E-state index in [0.29, 0.717) is 10.6 Å². The topological polar surface area (TPSA) is 58.6 Å². The highest BCUT2D eigenvalue weighted by atomic mass is 32.1. The number of carbonyl (C=O) groups is 2. The number of amides is 1. The van der Waals surface area contributed by atoms with Gasteiger partial charge in [-0.25, -0.2) is 4.79 Å². The summed E-state index contributed by atoms with van der Waals surface area (Å²) in [6, 6.07) is 9.85. The van der Waals surface area contributed by atoms with E-state index in [-0.39, 0.29) is 12.5 Å². The molecule has 1 aromatic carbocycles. The average molecular weight is 330 g/mol. The summed E-state index contributed by atoms with van der Waals surface area (Å²) in [5.41, 5.74) is 2.78. The molecule has 0 atom stereocenters. The molecule has 6 heteroatoms. The Bertz CT molecular complexity index is 754. The smallest absolute Gasteiger partial charge is 0.340 e. The van der Waals surface area contributed by atoms with Gasteiger partial charge in [-0.1, -0.05) is 18.2 Å². The molecule has 1 amide bonds. The number of carbonyl (C=O) groups excluding carboxylic acids is 2. The first-order chi connectivity index (χ1) is 11.1. The highest BCUT2D eigenvalue weighted by Gasteiger charge is 2.22. The Kier molecular flexibility index (Phi) is 4.34. The number of methoxy groups -OCH3 is 1. The lowest BCUT2D eigenvalue weighted by Gasteiger charge is -2.18. The molecular formula is C17H18N2O3S. The van der Waals surface area contributed by atoms with Gasteiger partial charge in [0.15, 0.2) is 0 Å². The van der Waals surface area contributed by atoms with Gasteiger partial charge in [0.2, 0.25) is 5.91 Å². The fourth-order valence-corrected chi connectivity index (χ4v) is 3.69. The number of hydrogen-bond donors (Lipinski definition) is 1. The summed E-state index contributed by atoms with van der Waals surface area (Å²) >= 11 is 1.38. The summed E-state index contributed by atoms with van der Waals surface area (Å²) in [4.78, 5) is 27.1. The molecule has 0 spiro atoms. The third kappa shape index (κ3) is 3.22. The number of ether oxygens (including phenoxy) is 1. The second-order valence-electron chi connectivity index (χ2n) is 5.44. The van der Waals surface area contributed by atoms with Gasteiger partial charge in [-0.3, -0.25) is 4.79 Å². The minimum absolute atomic E-state index is 0.131. The number of hydrogen-bond acceptors (Lipinski definition) is 5. The van der Waals surface area contributed by atoms with Crippen molar-refractivity contribution < 1.29 is 14.3 Å². The van der Waals surface area contributed by atoms with Crippen LogP contribution < -0.4 is 10.2 Å². The minimum Gasteiger partial charge on any atom is -0.465 e. The van der Waals surface area contributed by atoms with Crippen LogP contribution in [0, 0.1) is 6.92 Å². The SMILES string of the molecule is COC(=O)c1cc(C)sc1NC(=O)CN1CCc2ccccc21. The van der Waals surface area contributed by atoms with Gasteiger partial charge in [0.05, 0.1) is 19.2 Å². The zero-order valence-corrected chi connectivity index (χ0v) is 13.9. The Balaban J connectivity index is 1.70. The zero-order valence-electron chi connectivity index (χ0n) is 13.1. The van der Waals surface area contributed by atoms with Crippen LogP contribution in [-0.2, 0) is 16.0 Å². The lowest BCUT2D eigenvalue weighted by atomic mass is 10.2. The molecule has 0 unspecified atom stereocenters. The van der Waals surface area contributed by atoms with E-state index in [1.54, 1.807) is 6.07 Å². The molecule has 5 nitrogen and oxygen atoms in total. The van der Waals surface area contributed by atoms with Gasteiger partial charge in [0, 0.05) is 17.1 Å². The van der Waals surface area contributed by atoms with E-state index in [1.165, 1.54) is 24.0 Å². The van der Waals surface area contributed by atoms with Crippen LogP contribution in [0.15, 0.2) is 30.3 Å². The molecule has 3 rings (SSSR count). The standard InChI is InChI=1S/C17H18N2O3S/c1-11-9-13(17(21)22-2)16(23-11)18-15(20)10-19-8-7-12-5-3-4-6-14(12)19/h3-6,9H,7-8,10H2,1-2H3,(H,18,20). The van der Waals surface area contributed by atoms with Crippen LogP contribution in [-0.4, -0.2) is 32.1 Å². The summed E-state index contributed by atoms with van der Waals surface area (Å²) < 4.78 is 4.76. The molecule has 0 fully saturated rings. The van der Waals surface area contributed by atoms with Crippen molar-refractivity contribution in [2.24, 2.45) is 0 Å². The molecule has 2 aromatic rings. The first kappa shape index (κ1) is 15.6. The third-order valence-corrected chi connectivity index (χ3v) is 4.80. The quantitative estimate of drug-likeness (QED) is 0.876. The fourth-order valence-electron chi connectivity index (χ4n) is 2.78. The summed E-state index contributed by atoms with van der Waals surface area (Å²) in [6.07, 6.45) is 0.953. The molecule has 0 bridgehead atoms. The molecule has 0 saturated heterocycles. The number of anilines is 2. The lowest BCUT2D eigenvalue weighted by molar-refractivity contribution is -0.114. The second kappa shape index (κ2) is 6.42. The van der Waals surface area contributed by atoms with E-state index in [9.17, 15) is 9.59 Å². The molecule has 1 aromatic heterocycles. The van der Waals surface area contributed by atoms with E-state index in [0.717, 1.165) is 23.5 Å². The van der Waals surface area contributed by atoms with Crippen molar-refractivity contribution in [3.05, 3.63) is 46.3 Å². The van der Waals surface area contributed by atoms with Gasteiger partial charge in [0.25, 0.3) is 0 Å². The monoisotopic (exact) mass is 330 g/mol. The van der Waals surface area contributed by atoms with E-state index in [1.807, 2.05) is 25.1 Å². The molecule has 0 saturated carbocycles. The third-order valence-electron chi connectivity index (χ3n) is 3.83. The van der Waals surface area contributed by atoms with Crippen molar-refractivity contribution in [1.29, 1.82) is 0 Å². The summed E-state index contributed by atoms with van der Waals surface area (Å²) in [7, 11) is 1.34. The van der Waals surface area contributed by atoms with Crippen molar-refractivity contribution in [2.45, 2.75) is 13.3 Å². The Hall–Kier alpha value is -2.34. The molecule has 23 heavy (non-hydrogen) atoms. The van der Waals surface area contributed by atoms with Gasteiger partial charge in [-0.15, -0.1) is 11.3 Å². The molecule has 120 valence electrons. The summed E-state index contributed by atoms with van der Waals surface area (Å²) in [5.74, 6) is -0.565. The lowest BCUT2D eigenvalue weighted by Crippen LogP contribution is -2.32. The highest BCUT2D eigenvalue weighted by Crippen LogP contribution is 2.29. The van der Waals surface area contributed by atoms with Crippen LogP contribution in [0.25, 0.3) is 0 Å². The number of fused-ring (bicyclic) bond motifs is 1. The molecule has 1 N–H and O–H groups in total. The maximum Gasteiger partial charge on any atom is 0.340 e. The molecule has 0 radical (unpaired) electrons. The van der Waals surface area contributed by atoms with Crippen LogP contribution in [0.2, 0.25) is 0 Å². The number of benzene rings is 1. The van der Waals surface area contributed by atoms with E-state index >= 15 is 0 Å². The number of nitrogens with one attached hydrogen (secondary N) is 1. The van der Waals surface area contributed by atoms with Crippen molar-refractivity contribution in [3.8, 4) is 0 Å². The number of rotatable bonds is 4. The maximum absolute atomic E-state index is 12.4. The number of esters is 1. The van der Waals surface area contributed by atoms with Crippen LogP contribution in [0.4, 0.5) is 10.7 Å². The van der Waals surface area contributed by atoms with E-state index in [2.05, 4.69) is 16.3 Å². The van der Waals surface area contributed by atoms with Crippen molar-refractivity contribution in [1.82, 2.24) is 0 Å². The highest BCUT2D eigenvalue weighted by molar-refractivity contribution is 7.16. The first-order valence-electron chi connectivity index (χ1n) is 7.40. The van der Waals surface area contributed by atoms with Crippen molar-refractivity contribution in [2.75, 3.05) is 30.4 Å². The average Bonchev–Trinajstić information content (AvgIpc) is 3.10. The van der Waals surface area contributed by atoms with Gasteiger partial charge >= 0.3 is 5.97 Å². The Morgan fingerprint density at radius 1 is 1.35 bits per heavy atom. The van der Waals surface area contributed by atoms with E-state index < -0.39 is 5.97 Å². The number of thiophene rings is 1. The van der Waals surface area contributed by atoms with Gasteiger partial charge in [0.1, 0.15) is 5.00 Å². The molecule has 0 aliphatic carbocycles.